The van der Waals surface area contributed by atoms with E-state index in [1.165, 1.54) is 87.1 Å². The third-order valence-electron chi connectivity index (χ3n) is 12.0. The topological polar surface area (TPSA) is 16.1 Å². The van der Waals surface area contributed by atoms with Gasteiger partial charge in [0.25, 0.3) is 0 Å². The Bertz CT molecular complexity index is 2110. The lowest BCUT2D eigenvalue weighted by Crippen LogP contribution is -2.54. The molecule has 0 spiro atoms. The number of benzene rings is 5. The molecular weight excluding hydrogens is 569 g/mol. The van der Waals surface area contributed by atoms with Crippen LogP contribution >= 0.6 is 0 Å². The van der Waals surface area contributed by atoms with Crippen LogP contribution < -0.4 is 4.90 Å². The Hall–Kier alpha value is -4.95. The third kappa shape index (κ3) is 3.82. The van der Waals surface area contributed by atoms with Crippen LogP contribution in [0.15, 0.2) is 140 Å². The molecular formula is C45H40N2. The first-order valence-corrected chi connectivity index (χ1v) is 17.2. The van der Waals surface area contributed by atoms with Crippen molar-refractivity contribution in [3.05, 3.63) is 173 Å². The molecule has 1 aromatic heterocycles. The number of hydrogen-bond donors (Lipinski definition) is 0. The quantitative estimate of drug-likeness (QED) is 0.198. The molecule has 6 aromatic rings. The lowest BCUT2D eigenvalue weighted by atomic mass is 9.61. The number of rotatable bonds is 4. The van der Waals surface area contributed by atoms with Crippen molar-refractivity contribution in [3.63, 3.8) is 0 Å². The Morgan fingerprint density at radius 3 is 1.96 bits per heavy atom. The molecule has 2 unspecified atom stereocenters. The van der Waals surface area contributed by atoms with Gasteiger partial charge in [-0.3, -0.25) is 4.98 Å². The van der Waals surface area contributed by atoms with Gasteiger partial charge in [0.15, 0.2) is 0 Å². The maximum Gasteiger partial charge on any atom is 0.0713 e. The molecule has 1 saturated carbocycles. The smallest absolute Gasteiger partial charge is 0.0713 e. The normalized spacial score (nSPS) is 21.9. The van der Waals surface area contributed by atoms with Crippen LogP contribution in [0.5, 0.6) is 0 Å². The molecule has 0 saturated heterocycles. The molecule has 47 heavy (non-hydrogen) atoms. The summed E-state index contributed by atoms with van der Waals surface area (Å²) in [4.78, 5) is 7.18. The molecule has 3 aliphatic rings. The van der Waals surface area contributed by atoms with Gasteiger partial charge in [0.1, 0.15) is 0 Å². The second-order valence-electron chi connectivity index (χ2n) is 14.3. The fourth-order valence-electron chi connectivity index (χ4n) is 9.62. The highest BCUT2D eigenvalue weighted by atomic mass is 15.3. The van der Waals surface area contributed by atoms with Gasteiger partial charge in [-0.25, -0.2) is 0 Å². The van der Waals surface area contributed by atoms with Crippen LogP contribution in [0.3, 0.4) is 0 Å². The summed E-state index contributed by atoms with van der Waals surface area (Å²) in [7, 11) is 0. The first kappa shape index (κ1) is 28.3. The molecule has 2 heteroatoms. The van der Waals surface area contributed by atoms with E-state index in [4.69, 9.17) is 0 Å². The molecule has 1 aliphatic heterocycles. The van der Waals surface area contributed by atoms with Crippen LogP contribution in [0.25, 0.3) is 22.3 Å². The van der Waals surface area contributed by atoms with E-state index in [9.17, 15) is 0 Å². The highest BCUT2D eigenvalue weighted by molar-refractivity contribution is 5.89. The lowest BCUT2D eigenvalue weighted by Gasteiger charge is -2.50. The SMILES string of the molecule is Cc1cc(N2c3ccc(-c4ccc5c(c4)-c4ccccc4C5(c4ccccc4)c4ccccc4)cc3C3(C)CCCCC23C)ccn1. The highest BCUT2D eigenvalue weighted by Crippen LogP contribution is 2.62. The third-order valence-corrected chi connectivity index (χ3v) is 12.0. The number of nitrogens with zero attached hydrogens (tertiary/aromatic N) is 2. The Labute approximate surface area is 278 Å². The van der Waals surface area contributed by atoms with Crippen molar-refractivity contribution in [2.24, 2.45) is 0 Å². The largest absolute Gasteiger partial charge is 0.334 e. The number of pyridine rings is 1. The average Bonchev–Trinajstić information content (AvgIpc) is 3.52. The van der Waals surface area contributed by atoms with Crippen molar-refractivity contribution in [2.75, 3.05) is 4.90 Å². The van der Waals surface area contributed by atoms with Gasteiger partial charge in [-0.15, -0.1) is 0 Å². The predicted octanol–water partition coefficient (Wildman–Crippen LogP) is 11.2. The zero-order valence-electron chi connectivity index (χ0n) is 27.5. The number of anilines is 2. The van der Waals surface area contributed by atoms with E-state index in [1.807, 2.05) is 6.20 Å². The second kappa shape index (κ2) is 10.3. The second-order valence-corrected chi connectivity index (χ2v) is 14.3. The summed E-state index contributed by atoms with van der Waals surface area (Å²) in [5.74, 6) is 0. The summed E-state index contributed by atoms with van der Waals surface area (Å²) in [6.45, 7) is 7.12. The molecule has 2 heterocycles. The van der Waals surface area contributed by atoms with Crippen LogP contribution in [0, 0.1) is 6.92 Å². The molecule has 5 aromatic carbocycles. The van der Waals surface area contributed by atoms with E-state index in [0.717, 1.165) is 5.69 Å². The molecule has 1 fully saturated rings. The van der Waals surface area contributed by atoms with Crippen molar-refractivity contribution in [1.29, 1.82) is 0 Å². The molecule has 2 aliphatic carbocycles. The van der Waals surface area contributed by atoms with E-state index in [-0.39, 0.29) is 16.4 Å². The lowest BCUT2D eigenvalue weighted by molar-refractivity contribution is 0.195. The van der Waals surface area contributed by atoms with Crippen LogP contribution in [0.4, 0.5) is 11.4 Å². The zero-order valence-corrected chi connectivity index (χ0v) is 27.5. The molecule has 230 valence electrons. The van der Waals surface area contributed by atoms with Gasteiger partial charge >= 0.3 is 0 Å². The fraction of sp³-hybridized carbons (Fsp3) is 0.222. The Balaban J connectivity index is 1.24. The van der Waals surface area contributed by atoms with Crippen molar-refractivity contribution in [2.45, 2.75) is 62.8 Å². The number of fused-ring (bicyclic) bond motifs is 6. The minimum absolute atomic E-state index is 0.0157. The summed E-state index contributed by atoms with van der Waals surface area (Å²) < 4.78 is 0. The predicted molar refractivity (Wildman–Crippen MR) is 195 cm³/mol. The van der Waals surface area contributed by atoms with Crippen molar-refractivity contribution >= 4 is 11.4 Å². The summed E-state index contributed by atoms with van der Waals surface area (Å²) in [5.41, 5.74) is 15.4. The summed E-state index contributed by atoms with van der Waals surface area (Å²) in [6.07, 6.45) is 6.89. The maximum absolute atomic E-state index is 4.53. The Morgan fingerprint density at radius 2 is 1.21 bits per heavy atom. The number of aromatic nitrogens is 1. The minimum Gasteiger partial charge on any atom is -0.334 e. The highest BCUT2D eigenvalue weighted by Gasteiger charge is 2.57. The van der Waals surface area contributed by atoms with Gasteiger partial charge in [0, 0.05) is 28.7 Å². The maximum atomic E-state index is 4.53. The van der Waals surface area contributed by atoms with Gasteiger partial charge in [0.2, 0.25) is 0 Å². The molecule has 0 N–H and O–H groups in total. The van der Waals surface area contributed by atoms with Crippen molar-refractivity contribution < 1.29 is 0 Å². The summed E-state index contributed by atoms with van der Waals surface area (Å²) in [6, 6.07) is 50.2. The number of aryl methyl sites for hydroxylation is 1. The van der Waals surface area contributed by atoms with Crippen LogP contribution in [0.2, 0.25) is 0 Å². The van der Waals surface area contributed by atoms with Crippen molar-refractivity contribution in [1.82, 2.24) is 4.98 Å². The first-order chi connectivity index (χ1) is 22.9. The Kier molecular flexibility index (Phi) is 6.18. The molecule has 2 nitrogen and oxygen atoms in total. The van der Waals surface area contributed by atoms with Crippen LogP contribution in [-0.4, -0.2) is 10.5 Å². The Morgan fingerprint density at radius 1 is 0.574 bits per heavy atom. The summed E-state index contributed by atoms with van der Waals surface area (Å²) >= 11 is 0. The van der Waals surface area contributed by atoms with E-state index in [1.54, 1.807) is 0 Å². The minimum atomic E-state index is -0.370. The number of hydrogen-bond acceptors (Lipinski definition) is 2. The van der Waals surface area contributed by atoms with Gasteiger partial charge in [-0.2, -0.15) is 0 Å². The van der Waals surface area contributed by atoms with Gasteiger partial charge in [-0.1, -0.05) is 123 Å². The van der Waals surface area contributed by atoms with E-state index in [0.29, 0.717) is 0 Å². The van der Waals surface area contributed by atoms with Gasteiger partial charge in [0.05, 0.1) is 11.0 Å². The van der Waals surface area contributed by atoms with E-state index in [2.05, 4.69) is 164 Å². The van der Waals surface area contributed by atoms with Crippen LogP contribution in [-0.2, 0) is 10.8 Å². The van der Waals surface area contributed by atoms with Crippen LogP contribution in [0.1, 0.15) is 73.0 Å². The zero-order chi connectivity index (χ0) is 31.8. The standard InChI is InChI=1S/C45H40N2/c1-31-28-36(24-27-46-31)47-42-23-21-33(30-41(42)43(2)25-12-13-26-44(43,47)3)32-20-22-40-38(29-32)37-18-10-11-19-39(37)45(40,34-14-6-4-7-15-34)35-16-8-5-9-17-35/h4-11,14-24,27-30H,12-13,25-26H2,1-3H3. The average molecular weight is 609 g/mol. The van der Waals surface area contributed by atoms with Crippen molar-refractivity contribution in [3.8, 4) is 22.3 Å². The van der Waals surface area contributed by atoms with E-state index < -0.39 is 0 Å². The van der Waals surface area contributed by atoms with Gasteiger partial charge < -0.3 is 4.90 Å². The first-order valence-electron chi connectivity index (χ1n) is 17.2. The van der Waals surface area contributed by atoms with Gasteiger partial charge in [-0.05, 0) is 107 Å². The molecule has 2 atom stereocenters. The fourth-order valence-corrected chi connectivity index (χ4v) is 9.62. The molecule has 0 amide bonds. The molecule has 0 bridgehead atoms. The molecule has 0 radical (unpaired) electrons. The van der Waals surface area contributed by atoms with E-state index >= 15 is 0 Å². The summed E-state index contributed by atoms with van der Waals surface area (Å²) in [5, 5.41) is 0. The monoisotopic (exact) mass is 608 g/mol. The molecule has 9 rings (SSSR count).